The van der Waals surface area contributed by atoms with Crippen LogP contribution in [0.1, 0.15) is 70.9 Å². The summed E-state index contributed by atoms with van der Waals surface area (Å²) in [7, 11) is 1.78. The number of likely N-dealkylation sites (tertiary alicyclic amines) is 1. The highest BCUT2D eigenvalue weighted by Gasteiger charge is 2.82. The summed E-state index contributed by atoms with van der Waals surface area (Å²) in [4.78, 5) is 2.53. The molecular formula is C28H40FNO4. The van der Waals surface area contributed by atoms with Gasteiger partial charge in [-0.3, -0.25) is 9.29 Å². The summed E-state index contributed by atoms with van der Waals surface area (Å²) in [5.41, 5.74) is 0.160. The first-order valence-electron chi connectivity index (χ1n) is 13.1. The van der Waals surface area contributed by atoms with Gasteiger partial charge in [0.2, 0.25) is 0 Å². The topological polar surface area (TPSA) is 62.2 Å². The van der Waals surface area contributed by atoms with Crippen LogP contribution in [0, 0.1) is 16.7 Å². The minimum atomic E-state index is -0.976. The molecule has 7 unspecified atom stereocenters. The predicted octanol–water partition coefficient (Wildman–Crippen LogP) is 4.36. The molecule has 1 aromatic rings. The largest absolute Gasteiger partial charge is 0.504 e. The number of hydrogen-bond donors (Lipinski definition) is 2. The highest BCUT2D eigenvalue weighted by atomic mass is 19.1. The van der Waals surface area contributed by atoms with Gasteiger partial charge in [-0.15, -0.1) is 0 Å². The first kappa shape index (κ1) is 23.1. The van der Waals surface area contributed by atoms with Gasteiger partial charge in [-0.1, -0.05) is 26.8 Å². The van der Waals surface area contributed by atoms with Crippen LogP contribution >= 0.6 is 0 Å². The molecule has 6 aliphatic rings. The summed E-state index contributed by atoms with van der Waals surface area (Å²) in [5, 5.41) is 23.0. The molecule has 4 bridgehead atoms. The van der Waals surface area contributed by atoms with Crippen LogP contribution in [-0.4, -0.2) is 65.3 Å². The van der Waals surface area contributed by atoms with Crippen LogP contribution in [0.15, 0.2) is 12.1 Å². The minimum Gasteiger partial charge on any atom is -0.504 e. The molecule has 7 atom stereocenters. The van der Waals surface area contributed by atoms with Crippen molar-refractivity contribution in [3.63, 3.8) is 0 Å². The van der Waals surface area contributed by atoms with Crippen LogP contribution in [0.3, 0.4) is 0 Å². The summed E-state index contributed by atoms with van der Waals surface area (Å²) in [6.45, 7) is 9.67. The second kappa shape index (κ2) is 6.89. The standard InChI is InChI=1S/C28H40FNO4/c1-24(2,3)25(4,32)19-16-26-9-10-28(19,33-5)23-27(26)11-14-30(13-6-12-29)20(26)15-17-7-8-18(31)22(34-23)21(17)27/h7-8,19-20,23,31-32H,6,9-16H2,1-5H3. The van der Waals surface area contributed by atoms with Crippen molar-refractivity contribution in [1.29, 1.82) is 0 Å². The number of halogens is 1. The van der Waals surface area contributed by atoms with E-state index in [9.17, 15) is 14.6 Å². The molecule has 0 aromatic heterocycles. The quantitative estimate of drug-likeness (QED) is 0.665. The van der Waals surface area contributed by atoms with Crippen molar-refractivity contribution in [2.24, 2.45) is 16.7 Å². The fourth-order valence-corrected chi connectivity index (χ4v) is 9.26. The molecule has 2 aliphatic heterocycles. The maximum atomic E-state index is 13.3. The van der Waals surface area contributed by atoms with E-state index >= 15 is 0 Å². The number of phenols is 1. The van der Waals surface area contributed by atoms with Crippen molar-refractivity contribution >= 4 is 0 Å². The SMILES string of the molecule is COC12CCC3(CC1C(C)(O)C(C)(C)C)C1Cc4ccc(O)c5c4C3(CCN1CCCF)C2O5. The Morgan fingerprint density at radius 3 is 2.65 bits per heavy atom. The zero-order chi connectivity index (χ0) is 24.3. The minimum absolute atomic E-state index is 0.0988. The van der Waals surface area contributed by atoms with Crippen LogP contribution in [0.2, 0.25) is 0 Å². The lowest BCUT2D eigenvalue weighted by Gasteiger charge is -2.75. The first-order valence-corrected chi connectivity index (χ1v) is 13.1. The van der Waals surface area contributed by atoms with Crippen molar-refractivity contribution in [3.05, 3.63) is 23.3 Å². The van der Waals surface area contributed by atoms with Crippen LogP contribution < -0.4 is 4.74 Å². The Labute approximate surface area is 202 Å². The Morgan fingerprint density at radius 1 is 1.21 bits per heavy atom. The summed E-state index contributed by atoms with van der Waals surface area (Å²) >= 11 is 0. The van der Waals surface area contributed by atoms with E-state index in [2.05, 4.69) is 31.7 Å². The van der Waals surface area contributed by atoms with Crippen molar-refractivity contribution in [2.45, 2.75) is 95.0 Å². The molecule has 3 saturated carbocycles. The lowest BCUT2D eigenvalue weighted by molar-refractivity contribution is -0.312. The van der Waals surface area contributed by atoms with E-state index in [4.69, 9.17) is 9.47 Å². The van der Waals surface area contributed by atoms with Gasteiger partial charge >= 0.3 is 0 Å². The fourth-order valence-electron chi connectivity index (χ4n) is 9.26. The van der Waals surface area contributed by atoms with Gasteiger partial charge < -0.3 is 19.7 Å². The Balaban J connectivity index is 1.60. The van der Waals surface area contributed by atoms with Crippen molar-refractivity contribution < 1.29 is 24.1 Å². The van der Waals surface area contributed by atoms with Crippen molar-refractivity contribution in [1.82, 2.24) is 4.90 Å². The van der Waals surface area contributed by atoms with E-state index in [0.717, 1.165) is 45.2 Å². The number of alkyl halides is 1. The molecule has 4 aliphatic carbocycles. The first-order chi connectivity index (χ1) is 16.0. The third kappa shape index (κ3) is 2.37. The van der Waals surface area contributed by atoms with Crippen molar-refractivity contribution in [3.8, 4) is 11.5 Å². The number of hydrogen-bond acceptors (Lipinski definition) is 5. The van der Waals surface area contributed by atoms with Crippen LogP contribution in [0.5, 0.6) is 11.5 Å². The molecule has 0 radical (unpaired) electrons. The number of nitrogens with zero attached hydrogens (tertiary/aromatic N) is 1. The molecule has 4 fully saturated rings. The Kier molecular flexibility index (Phi) is 4.67. The predicted molar refractivity (Wildman–Crippen MR) is 128 cm³/mol. The molecule has 1 saturated heterocycles. The molecule has 2 N–H and O–H groups in total. The normalized spacial score (nSPS) is 41.7. The maximum Gasteiger partial charge on any atom is 0.165 e. The second-order valence-electron chi connectivity index (χ2n) is 12.9. The Bertz CT molecular complexity index is 1020. The number of rotatable bonds is 5. The summed E-state index contributed by atoms with van der Waals surface area (Å²) < 4.78 is 26.6. The number of aliphatic hydroxyl groups is 1. The van der Waals surface area contributed by atoms with Gasteiger partial charge in [0.25, 0.3) is 0 Å². The molecule has 7 rings (SSSR count). The number of piperidine rings is 1. The third-order valence-electron chi connectivity index (χ3n) is 11.2. The van der Waals surface area contributed by atoms with Gasteiger partial charge in [0.1, 0.15) is 11.7 Å². The number of fused-ring (bicyclic) bond motifs is 2. The average molecular weight is 474 g/mol. The number of phenolic OH excluding ortho intramolecular Hbond substituents is 1. The number of methoxy groups -OCH3 is 1. The highest BCUT2D eigenvalue weighted by Crippen LogP contribution is 2.77. The van der Waals surface area contributed by atoms with E-state index < -0.39 is 11.2 Å². The van der Waals surface area contributed by atoms with Crippen LogP contribution in [-0.2, 0) is 16.6 Å². The summed E-state index contributed by atoms with van der Waals surface area (Å²) in [5.74, 6) is 0.737. The number of ether oxygens (including phenoxy) is 2. The maximum absolute atomic E-state index is 13.3. The van der Waals surface area contributed by atoms with E-state index in [1.807, 2.05) is 6.92 Å². The fraction of sp³-hybridized carbons (Fsp3) is 0.786. The molecule has 2 heterocycles. The lowest BCUT2D eigenvalue weighted by atomic mass is 9.33. The van der Waals surface area contributed by atoms with E-state index in [0.29, 0.717) is 12.2 Å². The number of aromatic hydroxyl groups is 1. The van der Waals surface area contributed by atoms with E-state index in [-0.39, 0.29) is 46.7 Å². The average Bonchev–Trinajstić information content (AvgIpc) is 3.16. The Hall–Kier alpha value is -1.37. The molecule has 5 nitrogen and oxygen atoms in total. The third-order valence-corrected chi connectivity index (χ3v) is 11.2. The van der Waals surface area contributed by atoms with Crippen molar-refractivity contribution in [2.75, 3.05) is 26.9 Å². The monoisotopic (exact) mass is 473 g/mol. The second-order valence-corrected chi connectivity index (χ2v) is 12.9. The lowest BCUT2D eigenvalue weighted by Crippen LogP contribution is -2.83. The summed E-state index contributed by atoms with van der Waals surface area (Å²) in [6.07, 6.45) is 4.79. The van der Waals surface area contributed by atoms with E-state index in [1.165, 1.54) is 11.1 Å². The van der Waals surface area contributed by atoms with Gasteiger partial charge in [0.05, 0.1) is 12.3 Å². The smallest absolute Gasteiger partial charge is 0.165 e. The molecule has 1 aromatic carbocycles. The van der Waals surface area contributed by atoms with Crippen LogP contribution in [0.4, 0.5) is 4.39 Å². The summed E-state index contributed by atoms with van der Waals surface area (Å²) in [6, 6.07) is 4.12. The molecule has 34 heavy (non-hydrogen) atoms. The van der Waals surface area contributed by atoms with Crippen LogP contribution in [0.25, 0.3) is 0 Å². The van der Waals surface area contributed by atoms with Gasteiger partial charge in [-0.25, -0.2) is 0 Å². The molecular weight excluding hydrogens is 433 g/mol. The van der Waals surface area contributed by atoms with Gasteiger partial charge in [-0.05, 0) is 69.0 Å². The molecule has 2 spiro atoms. The zero-order valence-corrected chi connectivity index (χ0v) is 21.3. The molecule has 188 valence electrons. The zero-order valence-electron chi connectivity index (χ0n) is 21.3. The molecule has 6 heteroatoms. The van der Waals surface area contributed by atoms with Gasteiger partial charge in [0.15, 0.2) is 11.5 Å². The van der Waals surface area contributed by atoms with Gasteiger partial charge in [0, 0.05) is 42.0 Å². The molecule has 0 amide bonds. The van der Waals surface area contributed by atoms with E-state index in [1.54, 1.807) is 13.2 Å². The Morgan fingerprint density at radius 2 is 1.97 bits per heavy atom. The highest BCUT2D eigenvalue weighted by molar-refractivity contribution is 5.63. The van der Waals surface area contributed by atoms with Gasteiger partial charge in [-0.2, -0.15) is 0 Å². The number of benzene rings is 1.